The summed E-state index contributed by atoms with van der Waals surface area (Å²) in [5.74, 6) is 0.269. The zero-order valence-electron chi connectivity index (χ0n) is 11.1. The summed E-state index contributed by atoms with van der Waals surface area (Å²) in [5, 5.41) is 17.9. The Kier molecular flexibility index (Phi) is 3.85. The lowest BCUT2D eigenvalue weighted by atomic mass is 10.1. The first kappa shape index (κ1) is 13.5. The SMILES string of the molecule is Cc1nc2cc(C(=O)O)ccc2n1CC(C)CCO. The number of aromatic carboxylic acids is 1. The smallest absolute Gasteiger partial charge is 0.335 e. The first-order valence-corrected chi connectivity index (χ1v) is 6.34. The highest BCUT2D eigenvalue weighted by Crippen LogP contribution is 2.20. The summed E-state index contributed by atoms with van der Waals surface area (Å²) >= 11 is 0. The van der Waals surface area contributed by atoms with Gasteiger partial charge >= 0.3 is 5.97 Å². The maximum absolute atomic E-state index is 10.9. The molecule has 0 aliphatic heterocycles. The molecule has 1 unspecified atom stereocenters. The van der Waals surface area contributed by atoms with Crippen molar-refractivity contribution in [2.45, 2.75) is 26.8 Å². The molecule has 0 saturated heterocycles. The summed E-state index contributed by atoms with van der Waals surface area (Å²) in [5.41, 5.74) is 1.89. The number of aryl methyl sites for hydroxylation is 1. The van der Waals surface area contributed by atoms with Crippen LogP contribution >= 0.6 is 0 Å². The van der Waals surface area contributed by atoms with Crippen molar-refractivity contribution in [2.24, 2.45) is 5.92 Å². The van der Waals surface area contributed by atoms with Crippen molar-refractivity contribution in [1.82, 2.24) is 9.55 Å². The van der Waals surface area contributed by atoms with Gasteiger partial charge in [0.1, 0.15) is 5.82 Å². The first-order valence-electron chi connectivity index (χ1n) is 6.34. The molecule has 0 aliphatic carbocycles. The van der Waals surface area contributed by atoms with Crippen LogP contribution in [-0.2, 0) is 6.54 Å². The molecule has 0 fully saturated rings. The molecule has 1 aromatic carbocycles. The average molecular weight is 262 g/mol. The second kappa shape index (κ2) is 5.40. The summed E-state index contributed by atoms with van der Waals surface area (Å²) in [4.78, 5) is 15.3. The number of benzene rings is 1. The number of nitrogens with zero attached hydrogens (tertiary/aromatic N) is 2. The van der Waals surface area contributed by atoms with Crippen molar-refractivity contribution in [3.63, 3.8) is 0 Å². The van der Waals surface area contributed by atoms with E-state index in [1.165, 1.54) is 0 Å². The molecule has 5 heteroatoms. The van der Waals surface area contributed by atoms with Gasteiger partial charge in [-0.25, -0.2) is 9.78 Å². The zero-order chi connectivity index (χ0) is 14.0. The van der Waals surface area contributed by atoms with Gasteiger partial charge in [-0.15, -0.1) is 0 Å². The Hall–Kier alpha value is -1.88. The van der Waals surface area contributed by atoms with Gasteiger partial charge in [-0.1, -0.05) is 6.92 Å². The molecule has 1 heterocycles. The van der Waals surface area contributed by atoms with E-state index >= 15 is 0 Å². The van der Waals surface area contributed by atoms with E-state index in [0.29, 0.717) is 11.4 Å². The lowest BCUT2D eigenvalue weighted by Crippen LogP contribution is -2.10. The third-order valence-corrected chi connectivity index (χ3v) is 3.30. The highest BCUT2D eigenvalue weighted by Gasteiger charge is 2.12. The quantitative estimate of drug-likeness (QED) is 0.864. The predicted octanol–water partition coefficient (Wildman–Crippen LogP) is 2.06. The number of carboxylic acid groups (broad SMARTS) is 1. The normalized spacial score (nSPS) is 12.8. The summed E-state index contributed by atoms with van der Waals surface area (Å²) in [6.07, 6.45) is 0.742. The third-order valence-electron chi connectivity index (χ3n) is 3.30. The highest BCUT2D eigenvalue weighted by molar-refractivity contribution is 5.92. The van der Waals surface area contributed by atoms with Crippen molar-refractivity contribution < 1.29 is 15.0 Å². The van der Waals surface area contributed by atoms with E-state index in [1.807, 2.05) is 6.92 Å². The number of rotatable bonds is 5. The van der Waals surface area contributed by atoms with Crippen molar-refractivity contribution in [3.8, 4) is 0 Å². The fourth-order valence-corrected chi connectivity index (χ4v) is 2.24. The molecule has 1 atom stereocenters. The van der Waals surface area contributed by atoms with Crippen LogP contribution in [-0.4, -0.2) is 32.3 Å². The molecular weight excluding hydrogens is 244 g/mol. The predicted molar refractivity (Wildman–Crippen MR) is 72.3 cm³/mol. The van der Waals surface area contributed by atoms with Gasteiger partial charge in [0.15, 0.2) is 0 Å². The van der Waals surface area contributed by atoms with Crippen LogP contribution in [0.15, 0.2) is 18.2 Å². The van der Waals surface area contributed by atoms with Crippen LogP contribution in [0.4, 0.5) is 0 Å². The van der Waals surface area contributed by atoms with Gasteiger partial charge in [0.25, 0.3) is 0 Å². The summed E-state index contributed by atoms with van der Waals surface area (Å²) in [6, 6.07) is 4.99. The van der Waals surface area contributed by atoms with Crippen LogP contribution in [0.5, 0.6) is 0 Å². The summed E-state index contributed by atoms with van der Waals surface area (Å²) in [6.45, 7) is 4.94. The van der Waals surface area contributed by atoms with Crippen LogP contribution in [0.1, 0.15) is 29.5 Å². The number of carboxylic acids is 1. The second-order valence-corrected chi connectivity index (χ2v) is 4.90. The molecular formula is C14H18N2O3. The van der Waals surface area contributed by atoms with E-state index in [9.17, 15) is 4.79 Å². The molecule has 102 valence electrons. The maximum atomic E-state index is 10.9. The number of aliphatic hydroxyl groups excluding tert-OH is 1. The Morgan fingerprint density at radius 1 is 1.47 bits per heavy atom. The van der Waals surface area contributed by atoms with Crippen molar-refractivity contribution in [3.05, 3.63) is 29.6 Å². The number of aliphatic hydroxyl groups is 1. The molecule has 2 N–H and O–H groups in total. The third kappa shape index (κ3) is 2.76. The maximum Gasteiger partial charge on any atom is 0.335 e. The number of carbonyl (C=O) groups is 1. The minimum Gasteiger partial charge on any atom is -0.478 e. The molecule has 0 spiro atoms. The van der Waals surface area contributed by atoms with Crippen LogP contribution in [0, 0.1) is 12.8 Å². The number of hydrogen-bond acceptors (Lipinski definition) is 3. The Morgan fingerprint density at radius 3 is 2.84 bits per heavy atom. The minimum atomic E-state index is -0.942. The fourth-order valence-electron chi connectivity index (χ4n) is 2.24. The van der Waals surface area contributed by atoms with Gasteiger partial charge in [-0.05, 0) is 37.5 Å². The molecule has 0 bridgehead atoms. The first-order chi connectivity index (χ1) is 9.02. The van der Waals surface area contributed by atoms with E-state index < -0.39 is 5.97 Å². The van der Waals surface area contributed by atoms with Gasteiger partial charge in [-0.3, -0.25) is 0 Å². The zero-order valence-corrected chi connectivity index (χ0v) is 11.1. The fraction of sp³-hybridized carbons (Fsp3) is 0.429. The van der Waals surface area contributed by atoms with Gasteiger partial charge in [0.2, 0.25) is 0 Å². The number of hydrogen-bond donors (Lipinski definition) is 2. The number of imidazole rings is 1. The average Bonchev–Trinajstić information content (AvgIpc) is 2.65. The Balaban J connectivity index is 2.39. The minimum absolute atomic E-state index is 0.177. The summed E-state index contributed by atoms with van der Waals surface area (Å²) in [7, 11) is 0. The molecule has 2 rings (SSSR count). The molecule has 0 radical (unpaired) electrons. The van der Waals surface area contributed by atoms with Gasteiger partial charge in [-0.2, -0.15) is 0 Å². The molecule has 0 aliphatic rings. The van der Waals surface area contributed by atoms with Crippen molar-refractivity contribution in [2.75, 3.05) is 6.61 Å². The molecule has 2 aromatic rings. The second-order valence-electron chi connectivity index (χ2n) is 4.90. The standard InChI is InChI=1S/C14H18N2O3/c1-9(5-6-17)8-16-10(2)15-12-7-11(14(18)19)3-4-13(12)16/h3-4,7,9,17H,5-6,8H2,1-2H3,(H,18,19). The number of aromatic nitrogens is 2. The van der Waals surface area contributed by atoms with Gasteiger partial charge < -0.3 is 14.8 Å². The van der Waals surface area contributed by atoms with Crippen LogP contribution in [0.3, 0.4) is 0 Å². The van der Waals surface area contributed by atoms with Crippen LogP contribution in [0.25, 0.3) is 11.0 Å². The van der Waals surface area contributed by atoms with E-state index in [1.54, 1.807) is 18.2 Å². The highest BCUT2D eigenvalue weighted by atomic mass is 16.4. The lowest BCUT2D eigenvalue weighted by Gasteiger charge is -2.13. The molecule has 5 nitrogen and oxygen atoms in total. The van der Waals surface area contributed by atoms with E-state index in [-0.39, 0.29) is 12.2 Å². The van der Waals surface area contributed by atoms with E-state index in [0.717, 1.165) is 24.3 Å². The Morgan fingerprint density at radius 2 is 2.21 bits per heavy atom. The molecule has 19 heavy (non-hydrogen) atoms. The topological polar surface area (TPSA) is 75.3 Å². The van der Waals surface area contributed by atoms with Gasteiger partial charge in [0.05, 0.1) is 16.6 Å². The van der Waals surface area contributed by atoms with Crippen LogP contribution in [0.2, 0.25) is 0 Å². The monoisotopic (exact) mass is 262 g/mol. The Labute approximate surface area is 111 Å². The van der Waals surface area contributed by atoms with Crippen LogP contribution < -0.4 is 0 Å². The van der Waals surface area contributed by atoms with E-state index in [4.69, 9.17) is 10.2 Å². The molecule has 1 aromatic heterocycles. The van der Waals surface area contributed by atoms with Gasteiger partial charge in [0, 0.05) is 13.2 Å². The van der Waals surface area contributed by atoms with E-state index in [2.05, 4.69) is 16.5 Å². The molecule has 0 saturated carbocycles. The van der Waals surface area contributed by atoms with Crippen molar-refractivity contribution >= 4 is 17.0 Å². The summed E-state index contributed by atoms with van der Waals surface area (Å²) < 4.78 is 2.07. The Bertz CT molecular complexity index is 604. The largest absolute Gasteiger partial charge is 0.478 e. The van der Waals surface area contributed by atoms with Crippen molar-refractivity contribution in [1.29, 1.82) is 0 Å². The number of fused-ring (bicyclic) bond motifs is 1. The lowest BCUT2D eigenvalue weighted by molar-refractivity contribution is 0.0697. The molecule has 0 amide bonds.